The number of nitrogens with two attached hydrogens (primary N) is 1. The molecule has 0 fully saturated rings. The lowest BCUT2D eigenvalue weighted by Crippen LogP contribution is -2.37. The normalized spacial score (nSPS) is 14.4. The van der Waals surface area contributed by atoms with E-state index in [1.165, 1.54) is 0 Å². The summed E-state index contributed by atoms with van der Waals surface area (Å²) in [5.74, 6) is 1.39. The Bertz CT molecular complexity index is 519. The largest absolute Gasteiger partial charge is 0.388 e. The molecule has 2 aromatic rings. The molecule has 1 aromatic carbocycles. The van der Waals surface area contributed by atoms with E-state index in [2.05, 4.69) is 10.1 Å². The van der Waals surface area contributed by atoms with Gasteiger partial charge < -0.3 is 10.8 Å². The Morgan fingerprint density at radius 2 is 2.00 bits per heavy atom. The van der Waals surface area contributed by atoms with Crippen molar-refractivity contribution in [2.45, 2.75) is 18.9 Å². The number of nitrogens with zero attached hydrogens (tertiary/aromatic N) is 3. The highest BCUT2D eigenvalue weighted by Gasteiger charge is 2.22. The number of hydrogen-bond donors (Lipinski definition) is 2. The van der Waals surface area contributed by atoms with E-state index in [1.807, 2.05) is 37.4 Å². The highest BCUT2D eigenvalue weighted by Crippen LogP contribution is 2.17. The van der Waals surface area contributed by atoms with Crippen molar-refractivity contribution in [1.82, 2.24) is 14.8 Å². The van der Waals surface area contributed by atoms with Crippen LogP contribution >= 0.6 is 0 Å². The van der Waals surface area contributed by atoms with Gasteiger partial charge in [0.25, 0.3) is 0 Å². The molecular weight excluding hydrogens is 228 g/mol. The van der Waals surface area contributed by atoms with Gasteiger partial charge in [-0.15, -0.1) is 0 Å². The minimum atomic E-state index is -0.950. The first-order chi connectivity index (χ1) is 8.52. The molecule has 0 radical (unpaired) electrons. The topological polar surface area (TPSA) is 77.0 Å². The molecule has 0 spiro atoms. The van der Waals surface area contributed by atoms with Crippen LogP contribution in [0.3, 0.4) is 0 Å². The fourth-order valence-electron chi connectivity index (χ4n) is 1.69. The zero-order valence-corrected chi connectivity index (χ0v) is 10.7. The summed E-state index contributed by atoms with van der Waals surface area (Å²) in [6.07, 6.45) is 0.389. The fourth-order valence-corrected chi connectivity index (χ4v) is 1.69. The van der Waals surface area contributed by atoms with Crippen molar-refractivity contribution in [2.75, 3.05) is 6.54 Å². The average Bonchev–Trinajstić information content (AvgIpc) is 2.72. The predicted molar refractivity (Wildman–Crippen MR) is 69.8 cm³/mol. The van der Waals surface area contributed by atoms with Crippen LogP contribution in [0.4, 0.5) is 0 Å². The van der Waals surface area contributed by atoms with Crippen molar-refractivity contribution < 1.29 is 5.11 Å². The van der Waals surface area contributed by atoms with Crippen LogP contribution < -0.4 is 5.73 Å². The van der Waals surface area contributed by atoms with Crippen LogP contribution in [-0.4, -0.2) is 32.0 Å². The lowest BCUT2D eigenvalue weighted by molar-refractivity contribution is 0.0666. The molecule has 5 heteroatoms. The van der Waals surface area contributed by atoms with Crippen LogP contribution in [0.5, 0.6) is 0 Å². The second kappa shape index (κ2) is 4.88. The van der Waals surface area contributed by atoms with Gasteiger partial charge >= 0.3 is 0 Å². The molecule has 0 saturated heterocycles. The van der Waals surface area contributed by atoms with Gasteiger partial charge in [-0.1, -0.05) is 30.3 Å². The van der Waals surface area contributed by atoms with Gasteiger partial charge in [-0.2, -0.15) is 5.10 Å². The first kappa shape index (κ1) is 12.7. The molecular formula is C13H18N4O. The average molecular weight is 246 g/mol. The fraction of sp³-hybridized carbons (Fsp3) is 0.385. The molecule has 3 N–H and O–H groups in total. The first-order valence-corrected chi connectivity index (χ1v) is 5.89. The molecule has 1 aromatic heterocycles. The van der Waals surface area contributed by atoms with Crippen LogP contribution in [0, 0.1) is 0 Å². The van der Waals surface area contributed by atoms with Crippen molar-refractivity contribution in [3.8, 4) is 11.4 Å². The summed E-state index contributed by atoms with van der Waals surface area (Å²) in [6, 6.07) is 9.76. The van der Waals surface area contributed by atoms with Crippen LogP contribution in [0.1, 0.15) is 12.7 Å². The quantitative estimate of drug-likeness (QED) is 0.834. The maximum Gasteiger partial charge on any atom is 0.181 e. The Hall–Kier alpha value is -1.72. The van der Waals surface area contributed by atoms with Crippen molar-refractivity contribution in [2.24, 2.45) is 12.8 Å². The predicted octanol–water partition coefficient (Wildman–Crippen LogP) is 0.734. The summed E-state index contributed by atoms with van der Waals surface area (Å²) >= 11 is 0. The minimum Gasteiger partial charge on any atom is -0.388 e. The number of hydrogen-bond acceptors (Lipinski definition) is 4. The first-order valence-electron chi connectivity index (χ1n) is 5.89. The Balaban J connectivity index is 2.28. The van der Waals surface area contributed by atoms with E-state index in [4.69, 9.17) is 5.73 Å². The molecule has 0 aliphatic carbocycles. The van der Waals surface area contributed by atoms with Crippen molar-refractivity contribution in [1.29, 1.82) is 0 Å². The second-order valence-electron chi connectivity index (χ2n) is 4.72. The Labute approximate surface area is 106 Å². The van der Waals surface area contributed by atoms with Gasteiger partial charge in [0.15, 0.2) is 5.82 Å². The summed E-state index contributed by atoms with van der Waals surface area (Å²) in [5, 5.41) is 14.3. The number of aryl methyl sites for hydroxylation is 1. The third kappa shape index (κ3) is 2.75. The second-order valence-corrected chi connectivity index (χ2v) is 4.72. The SMILES string of the molecule is Cn1nc(-c2ccccc2)nc1CC(C)(O)CN. The number of benzene rings is 1. The highest BCUT2D eigenvalue weighted by atomic mass is 16.3. The Morgan fingerprint density at radius 1 is 1.33 bits per heavy atom. The van der Waals surface area contributed by atoms with Crippen molar-refractivity contribution in [3.05, 3.63) is 36.2 Å². The molecule has 96 valence electrons. The van der Waals surface area contributed by atoms with Gasteiger partial charge in [0.1, 0.15) is 5.82 Å². The van der Waals surface area contributed by atoms with Gasteiger partial charge in [-0.05, 0) is 6.92 Å². The summed E-state index contributed by atoms with van der Waals surface area (Å²) in [6.45, 7) is 1.89. The number of aliphatic hydroxyl groups is 1. The van der Waals surface area contributed by atoms with E-state index < -0.39 is 5.60 Å². The van der Waals surface area contributed by atoms with Crippen molar-refractivity contribution in [3.63, 3.8) is 0 Å². The van der Waals surface area contributed by atoms with E-state index in [0.29, 0.717) is 12.2 Å². The Morgan fingerprint density at radius 3 is 2.61 bits per heavy atom. The minimum absolute atomic E-state index is 0.195. The third-order valence-electron chi connectivity index (χ3n) is 2.86. The zero-order chi connectivity index (χ0) is 13.2. The van der Waals surface area contributed by atoms with Crippen LogP contribution in [0.25, 0.3) is 11.4 Å². The lowest BCUT2D eigenvalue weighted by atomic mass is 10.0. The molecule has 0 aliphatic rings. The van der Waals surface area contributed by atoms with E-state index in [0.717, 1.165) is 11.4 Å². The zero-order valence-electron chi connectivity index (χ0n) is 10.7. The van der Waals surface area contributed by atoms with Gasteiger partial charge in [0, 0.05) is 25.6 Å². The monoisotopic (exact) mass is 246 g/mol. The maximum atomic E-state index is 9.97. The van der Waals surface area contributed by atoms with Gasteiger partial charge in [0.05, 0.1) is 5.60 Å². The summed E-state index contributed by atoms with van der Waals surface area (Å²) < 4.78 is 1.69. The molecule has 5 nitrogen and oxygen atoms in total. The van der Waals surface area contributed by atoms with E-state index in [9.17, 15) is 5.11 Å². The molecule has 1 heterocycles. The lowest BCUT2D eigenvalue weighted by Gasteiger charge is -2.19. The molecule has 0 saturated carbocycles. The Kier molecular flexibility index (Phi) is 3.45. The smallest absolute Gasteiger partial charge is 0.181 e. The van der Waals surface area contributed by atoms with Gasteiger partial charge in [-0.3, -0.25) is 4.68 Å². The highest BCUT2D eigenvalue weighted by molar-refractivity contribution is 5.53. The van der Waals surface area contributed by atoms with Crippen LogP contribution in [-0.2, 0) is 13.5 Å². The maximum absolute atomic E-state index is 9.97. The molecule has 2 rings (SSSR count). The van der Waals surface area contributed by atoms with Gasteiger partial charge in [-0.25, -0.2) is 4.98 Å². The van der Waals surface area contributed by atoms with E-state index in [-0.39, 0.29) is 6.54 Å². The van der Waals surface area contributed by atoms with Crippen molar-refractivity contribution >= 4 is 0 Å². The van der Waals surface area contributed by atoms with Crippen LogP contribution in [0.15, 0.2) is 30.3 Å². The third-order valence-corrected chi connectivity index (χ3v) is 2.86. The number of rotatable bonds is 4. The summed E-state index contributed by atoms with van der Waals surface area (Å²) in [7, 11) is 1.82. The molecule has 0 aliphatic heterocycles. The molecule has 1 unspecified atom stereocenters. The standard InChI is InChI=1S/C13H18N4O/c1-13(18,9-14)8-11-15-12(16-17(11)2)10-6-4-3-5-7-10/h3-7,18H,8-9,14H2,1-2H3. The van der Waals surface area contributed by atoms with E-state index >= 15 is 0 Å². The molecule has 0 bridgehead atoms. The summed E-state index contributed by atoms with van der Waals surface area (Å²) in [4.78, 5) is 4.45. The summed E-state index contributed by atoms with van der Waals surface area (Å²) in [5.41, 5.74) is 5.53. The molecule has 18 heavy (non-hydrogen) atoms. The molecule has 1 atom stereocenters. The van der Waals surface area contributed by atoms with E-state index in [1.54, 1.807) is 11.6 Å². The molecule has 0 amide bonds. The number of aromatic nitrogens is 3. The van der Waals surface area contributed by atoms with Gasteiger partial charge in [0.2, 0.25) is 0 Å². The van der Waals surface area contributed by atoms with Crippen LogP contribution in [0.2, 0.25) is 0 Å².